The minimum absolute atomic E-state index is 0.00620. The van der Waals surface area contributed by atoms with Crippen LogP contribution in [0.4, 0.5) is 18.9 Å². The number of rotatable bonds is 5. The summed E-state index contributed by atoms with van der Waals surface area (Å²) in [5.41, 5.74) is 6.13. The molecule has 0 fully saturated rings. The Labute approximate surface area is 146 Å². The van der Waals surface area contributed by atoms with E-state index < -0.39 is 18.2 Å². The lowest BCUT2D eigenvalue weighted by Gasteiger charge is -2.14. The Balaban J connectivity index is 2.06. The van der Waals surface area contributed by atoms with Crippen molar-refractivity contribution in [3.63, 3.8) is 0 Å². The van der Waals surface area contributed by atoms with Gasteiger partial charge in [0.1, 0.15) is 6.10 Å². The second-order valence-electron chi connectivity index (χ2n) is 4.93. The zero-order chi connectivity index (χ0) is 18.4. The van der Waals surface area contributed by atoms with Crippen molar-refractivity contribution in [2.45, 2.75) is 12.5 Å². The molecule has 0 bridgehead atoms. The molecule has 25 heavy (non-hydrogen) atoms. The molecule has 2 aromatic rings. The van der Waals surface area contributed by atoms with Gasteiger partial charge in [0.2, 0.25) is 0 Å². The van der Waals surface area contributed by atoms with Gasteiger partial charge in [-0.1, -0.05) is 41.9 Å². The zero-order valence-electron chi connectivity index (χ0n) is 12.8. The van der Waals surface area contributed by atoms with Crippen molar-refractivity contribution >= 4 is 23.2 Å². The summed E-state index contributed by atoms with van der Waals surface area (Å²) in [7, 11) is 0. The minimum atomic E-state index is -4.83. The number of ether oxygens (including phenoxy) is 1. The number of aliphatic imine (C=N–C) groups is 1. The number of alkyl halides is 3. The van der Waals surface area contributed by atoms with E-state index in [0.29, 0.717) is 10.6 Å². The molecule has 0 amide bonds. The van der Waals surface area contributed by atoms with Crippen molar-refractivity contribution in [2.24, 2.45) is 10.7 Å². The van der Waals surface area contributed by atoms with Crippen LogP contribution in [0.1, 0.15) is 11.7 Å². The fourth-order valence-corrected chi connectivity index (χ4v) is 2.25. The van der Waals surface area contributed by atoms with Crippen molar-refractivity contribution in [2.75, 3.05) is 11.9 Å². The van der Waals surface area contributed by atoms with Crippen LogP contribution in [0.3, 0.4) is 0 Å². The maximum atomic E-state index is 12.4. The van der Waals surface area contributed by atoms with Crippen LogP contribution in [0, 0.1) is 0 Å². The lowest BCUT2D eigenvalue weighted by molar-refractivity contribution is -0.274. The van der Waals surface area contributed by atoms with E-state index in [1.165, 1.54) is 18.2 Å². The van der Waals surface area contributed by atoms with E-state index in [9.17, 15) is 18.3 Å². The Kier molecular flexibility index (Phi) is 6.11. The third kappa shape index (κ3) is 5.84. The molecule has 9 heteroatoms. The Morgan fingerprint density at radius 3 is 2.52 bits per heavy atom. The van der Waals surface area contributed by atoms with Crippen LogP contribution in [0.2, 0.25) is 5.02 Å². The van der Waals surface area contributed by atoms with E-state index in [2.05, 4.69) is 15.0 Å². The quantitative estimate of drug-likeness (QED) is 0.551. The molecule has 0 aliphatic carbocycles. The van der Waals surface area contributed by atoms with E-state index in [0.717, 1.165) is 6.07 Å². The molecule has 0 radical (unpaired) electrons. The number of para-hydroxylation sites is 2. The molecular weight excluding hydrogens is 359 g/mol. The Morgan fingerprint density at radius 1 is 1.20 bits per heavy atom. The van der Waals surface area contributed by atoms with E-state index in [-0.39, 0.29) is 18.2 Å². The van der Waals surface area contributed by atoms with E-state index in [1.54, 1.807) is 24.3 Å². The number of hydrogen-bond donors (Lipinski definition) is 3. The topological polar surface area (TPSA) is 79.9 Å². The van der Waals surface area contributed by atoms with E-state index in [1.807, 2.05) is 0 Å². The summed E-state index contributed by atoms with van der Waals surface area (Å²) in [4.78, 5) is 3.91. The highest BCUT2D eigenvalue weighted by Gasteiger charge is 2.32. The maximum absolute atomic E-state index is 12.4. The first-order valence-corrected chi connectivity index (χ1v) is 7.48. The van der Waals surface area contributed by atoms with Gasteiger partial charge in [-0.15, -0.1) is 13.2 Å². The smallest absolute Gasteiger partial charge is 0.404 e. The summed E-state index contributed by atoms with van der Waals surface area (Å²) < 4.78 is 41.0. The predicted octanol–water partition coefficient (Wildman–Crippen LogP) is 3.70. The molecule has 5 nitrogen and oxygen atoms in total. The lowest BCUT2D eigenvalue weighted by atomic mass is 10.1. The van der Waals surface area contributed by atoms with Gasteiger partial charge in [-0.05, 0) is 18.2 Å². The lowest BCUT2D eigenvalue weighted by Crippen LogP contribution is -2.25. The van der Waals surface area contributed by atoms with Crippen LogP contribution in [-0.4, -0.2) is 24.0 Å². The van der Waals surface area contributed by atoms with Crippen molar-refractivity contribution in [1.82, 2.24) is 0 Å². The number of nitrogens with zero attached hydrogens (tertiary/aromatic N) is 1. The highest BCUT2D eigenvalue weighted by molar-refractivity contribution is 6.31. The first-order chi connectivity index (χ1) is 11.8. The summed E-state index contributed by atoms with van der Waals surface area (Å²) in [6.45, 7) is -0.120. The molecule has 1 atom stereocenters. The summed E-state index contributed by atoms with van der Waals surface area (Å²) in [5.74, 6) is -0.621. The van der Waals surface area contributed by atoms with Crippen LogP contribution in [0.15, 0.2) is 53.5 Å². The summed E-state index contributed by atoms with van der Waals surface area (Å²) in [5, 5.41) is 13.0. The molecule has 0 saturated heterocycles. The number of nitrogens with two attached hydrogens (primary N) is 1. The maximum Gasteiger partial charge on any atom is 0.573 e. The van der Waals surface area contributed by atoms with E-state index in [4.69, 9.17) is 17.3 Å². The van der Waals surface area contributed by atoms with Crippen LogP contribution in [0.5, 0.6) is 5.75 Å². The standard InChI is InChI=1S/C16H15ClF3N3O2/c17-11-6-2-1-5-10(11)13(24)9-22-15(21)23-12-7-3-4-8-14(12)25-16(18,19)20/h1-8,13,24H,9H2,(H3,21,22,23). The van der Waals surface area contributed by atoms with Gasteiger partial charge in [0.25, 0.3) is 0 Å². The first kappa shape index (κ1) is 18.9. The third-order valence-electron chi connectivity index (χ3n) is 3.07. The normalized spacial score (nSPS) is 13.4. The monoisotopic (exact) mass is 373 g/mol. The molecule has 2 rings (SSSR count). The largest absolute Gasteiger partial charge is 0.573 e. The van der Waals surface area contributed by atoms with Gasteiger partial charge < -0.3 is 20.9 Å². The number of guanidine groups is 1. The highest BCUT2D eigenvalue weighted by atomic mass is 35.5. The molecule has 0 aromatic heterocycles. The van der Waals surface area contributed by atoms with Gasteiger partial charge >= 0.3 is 6.36 Å². The van der Waals surface area contributed by atoms with Crippen LogP contribution >= 0.6 is 11.6 Å². The molecule has 0 saturated carbocycles. The second-order valence-corrected chi connectivity index (χ2v) is 5.34. The van der Waals surface area contributed by atoms with Gasteiger partial charge in [0.15, 0.2) is 11.7 Å². The average Bonchev–Trinajstić information content (AvgIpc) is 2.53. The predicted molar refractivity (Wildman–Crippen MR) is 89.6 cm³/mol. The summed E-state index contributed by atoms with van der Waals surface area (Å²) in [6, 6.07) is 12.1. The summed E-state index contributed by atoms with van der Waals surface area (Å²) >= 11 is 5.97. The molecule has 1 unspecified atom stereocenters. The van der Waals surface area contributed by atoms with E-state index >= 15 is 0 Å². The molecule has 4 N–H and O–H groups in total. The van der Waals surface area contributed by atoms with Crippen molar-refractivity contribution < 1.29 is 23.0 Å². The zero-order valence-corrected chi connectivity index (χ0v) is 13.6. The fraction of sp³-hybridized carbons (Fsp3) is 0.188. The second kappa shape index (κ2) is 8.09. The molecule has 0 spiro atoms. The number of nitrogens with one attached hydrogen (secondary N) is 1. The Bertz CT molecular complexity index is 753. The van der Waals surface area contributed by atoms with Gasteiger partial charge in [-0.25, -0.2) is 0 Å². The fourth-order valence-electron chi connectivity index (χ4n) is 1.99. The summed E-state index contributed by atoms with van der Waals surface area (Å²) in [6.07, 6.45) is -5.83. The number of halogens is 4. The SMILES string of the molecule is NC(=NCC(O)c1ccccc1Cl)Nc1ccccc1OC(F)(F)F. The number of benzene rings is 2. The molecule has 0 heterocycles. The Morgan fingerprint density at radius 2 is 1.84 bits per heavy atom. The number of hydrogen-bond acceptors (Lipinski definition) is 3. The molecule has 134 valence electrons. The molecule has 0 aliphatic heterocycles. The van der Waals surface area contributed by atoms with Crippen molar-refractivity contribution in [3.8, 4) is 5.75 Å². The number of aliphatic hydroxyl groups excluding tert-OH is 1. The van der Waals surface area contributed by atoms with Gasteiger partial charge in [0.05, 0.1) is 12.2 Å². The van der Waals surface area contributed by atoms with Crippen molar-refractivity contribution in [1.29, 1.82) is 0 Å². The number of aliphatic hydroxyl groups is 1. The van der Waals surface area contributed by atoms with Gasteiger partial charge in [0, 0.05) is 10.6 Å². The molecular formula is C16H15ClF3N3O2. The minimum Gasteiger partial charge on any atom is -0.404 e. The van der Waals surface area contributed by atoms with Crippen LogP contribution in [0.25, 0.3) is 0 Å². The third-order valence-corrected chi connectivity index (χ3v) is 3.42. The van der Waals surface area contributed by atoms with Crippen LogP contribution < -0.4 is 15.8 Å². The Hall–Kier alpha value is -2.45. The van der Waals surface area contributed by atoms with Gasteiger partial charge in [-0.2, -0.15) is 0 Å². The molecule has 0 aliphatic rings. The molecule has 2 aromatic carbocycles. The first-order valence-electron chi connectivity index (χ1n) is 7.10. The number of anilines is 1. The average molecular weight is 374 g/mol. The van der Waals surface area contributed by atoms with Crippen LogP contribution in [-0.2, 0) is 0 Å². The highest BCUT2D eigenvalue weighted by Crippen LogP contribution is 2.29. The van der Waals surface area contributed by atoms with Gasteiger partial charge in [-0.3, -0.25) is 4.99 Å². The van der Waals surface area contributed by atoms with Crippen molar-refractivity contribution in [3.05, 3.63) is 59.1 Å².